The van der Waals surface area contributed by atoms with Gasteiger partial charge in [0.25, 0.3) is 5.95 Å². The van der Waals surface area contributed by atoms with Crippen LogP contribution in [0.25, 0.3) is 5.95 Å². The second kappa shape index (κ2) is 10.6. The maximum atomic E-state index is 12.9. The van der Waals surface area contributed by atoms with Crippen LogP contribution >= 0.6 is 0 Å². The normalized spacial score (nSPS) is 11.1. The molecule has 2 aromatic heterocycles. The molecule has 4 aromatic rings. The van der Waals surface area contributed by atoms with Crippen molar-refractivity contribution in [3.63, 3.8) is 0 Å². The molecule has 36 heavy (non-hydrogen) atoms. The van der Waals surface area contributed by atoms with Gasteiger partial charge in [-0.2, -0.15) is 13.9 Å². The van der Waals surface area contributed by atoms with Gasteiger partial charge in [-0.3, -0.25) is 4.79 Å². The van der Waals surface area contributed by atoms with Crippen LogP contribution in [0.1, 0.15) is 39.5 Å². The van der Waals surface area contributed by atoms with Gasteiger partial charge in [0.15, 0.2) is 0 Å². The monoisotopic (exact) mass is 491 g/mol. The van der Waals surface area contributed by atoms with E-state index in [1.807, 2.05) is 64.1 Å². The Labute approximate surface area is 208 Å². The highest BCUT2D eigenvalue weighted by molar-refractivity contribution is 5.92. The SMILES string of the molecule is Cc1cc(C)nc(-n2nc(C)c(CC(=O)Nc3ccc(OC(F)F)c(Cc4ccccc4)c3)c2C)n1. The standard InChI is InChI=1S/C27H27F2N5O2/c1-16-12-17(2)31-27(30-16)34-19(4)23(18(3)33-34)15-25(35)32-22-10-11-24(36-26(28)29)21(14-22)13-20-8-6-5-7-9-20/h5-12,14,26H,13,15H2,1-4H3,(H,32,35). The Morgan fingerprint density at radius 2 is 1.69 bits per heavy atom. The number of rotatable bonds is 8. The zero-order valence-electron chi connectivity index (χ0n) is 20.5. The van der Waals surface area contributed by atoms with Gasteiger partial charge in [-0.15, -0.1) is 0 Å². The molecule has 0 aliphatic heterocycles. The molecule has 0 bridgehead atoms. The molecule has 0 saturated carbocycles. The molecule has 0 fully saturated rings. The molecule has 0 aliphatic rings. The number of anilines is 1. The summed E-state index contributed by atoms with van der Waals surface area (Å²) in [5.41, 5.74) is 5.89. The third kappa shape index (κ3) is 5.91. The lowest BCUT2D eigenvalue weighted by molar-refractivity contribution is -0.115. The Morgan fingerprint density at radius 1 is 1.00 bits per heavy atom. The van der Waals surface area contributed by atoms with Crippen molar-refractivity contribution in [1.29, 1.82) is 0 Å². The Bertz CT molecular complexity index is 1370. The number of hydrogen-bond donors (Lipinski definition) is 1. The predicted molar refractivity (Wildman–Crippen MR) is 133 cm³/mol. The van der Waals surface area contributed by atoms with E-state index in [4.69, 9.17) is 4.74 Å². The first-order chi connectivity index (χ1) is 17.2. The number of hydrogen-bond acceptors (Lipinski definition) is 5. The molecule has 0 aliphatic carbocycles. The summed E-state index contributed by atoms with van der Waals surface area (Å²) in [6.07, 6.45) is 0.471. The van der Waals surface area contributed by atoms with E-state index in [1.54, 1.807) is 16.8 Å². The summed E-state index contributed by atoms with van der Waals surface area (Å²) in [5.74, 6) is 0.281. The summed E-state index contributed by atoms with van der Waals surface area (Å²) < 4.78 is 32.2. The fraction of sp³-hybridized carbons (Fsp3) is 0.259. The molecule has 2 aromatic carbocycles. The van der Waals surface area contributed by atoms with Gasteiger partial charge < -0.3 is 10.1 Å². The second-order valence-electron chi connectivity index (χ2n) is 8.60. The fourth-order valence-electron chi connectivity index (χ4n) is 4.12. The summed E-state index contributed by atoms with van der Waals surface area (Å²) in [5, 5.41) is 7.42. The van der Waals surface area contributed by atoms with Crippen LogP contribution in [0.5, 0.6) is 5.75 Å². The summed E-state index contributed by atoms with van der Waals surface area (Å²) in [7, 11) is 0. The Morgan fingerprint density at radius 3 is 2.36 bits per heavy atom. The summed E-state index contributed by atoms with van der Waals surface area (Å²) in [4.78, 5) is 21.9. The van der Waals surface area contributed by atoms with Gasteiger partial charge in [-0.1, -0.05) is 30.3 Å². The summed E-state index contributed by atoms with van der Waals surface area (Å²) in [6, 6.07) is 16.0. The van der Waals surface area contributed by atoms with Gasteiger partial charge in [-0.05, 0) is 57.5 Å². The average molecular weight is 492 g/mol. The zero-order valence-corrected chi connectivity index (χ0v) is 20.5. The Kier molecular flexibility index (Phi) is 7.38. The minimum atomic E-state index is -2.94. The molecule has 0 atom stereocenters. The average Bonchev–Trinajstić information content (AvgIpc) is 3.09. The van der Waals surface area contributed by atoms with Crippen LogP contribution in [0.4, 0.5) is 14.5 Å². The number of aromatic nitrogens is 4. The van der Waals surface area contributed by atoms with Gasteiger partial charge >= 0.3 is 6.61 Å². The number of carbonyl (C=O) groups excluding carboxylic acids is 1. The van der Waals surface area contributed by atoms with E-state index in [1.165, 1.54) is 6.07 Å². The molecular weight excluding hydrogens is 464 g/mol. The molecule has 7 nitrogen and oxygen atoms in total. The lowest BCUT2D eigenvalue weighted by Crippen LogP contribution is -2.16. The Balaban J connectivity index is 1.54. The van der Waals surface area contributed by atoms with Crippen LogP contribution in [0.2, 0.25) is 0 Å². The third-order valence-corrected chi connectivity index (χ3v) is 5.74. The van der Waals surface area contributed by atoms with Gasteiger partial charge in [0.2, 0.25) is 5.91 Å². The highest BCUT2D eigenvalue weighted by atomic mass is 19.3. The number of nitrogens with zero attached hydrogens (tertiary/aromatic N) is 4. The Hall–Kier alpha value is -4.14. The number of aryl methyl sites for hydroxylation is 3. The van der Waals surface area contributed by atoms with Crippen LogP contribution in [0.3, 0.4) is 0 Å². The van der Waals surface area contributed by atoms with Crippen LogP contribution < -0.4 is 10.1 Å². The largest absolute Gasteiger partial charge is 0.435 e. The summed E-state index contributed by atoms with van der Waals surface area (Å²) >= 11 is 0. The number of halogens is 2. The van der Waals surface area contributed by atoms with E-state index in [2.05, 4.69) is 20.4 Å². The first-order valence-corrected chi connectivity index (χ1v) is 11.5. The third-order valence-electron chi connectivity index (χ3n) is 5.74. The van der Waals surface area contributed by atoms with Crippen molar-refractivity contribution >= 4 is 11.6 Å². The van der Waals surface area contributed by atoms with Crippen LogP contribution in [-0.2, 0) is 17.6 Å². The quantitative estimate of drug-likeness (QED) is 0.363. The second-order valence-corrected chi connectivity index (χ2v) is 8.60. The number of amides is 1. The maximum absolute atomic E-state index is 12.9. The van der Waals surface area contributed by atoms with Gasteiger partial charge in [0.1, 0.15) is 5.75 Å². The van der Waals surface area contributed by atoms with Crippen LogP contribution in [0, 0.1) is 27.7 Å². The fourth-order valence-corrected chi connectivity index (χ4v) is 4.12. The number of alkyl halides is 2. The van der Waals surface area contributed by atoms with Gasteiger partial charge in [0, 0.05) is 40.3 Å². The smallest absolute Gasteiger partial charge is 0.387 e. The number of benzene rings is 2. The molecule has 0 radical (unpaired) electrons. The van der Waals surface area contributed by atoms with E-state index in [9.17, 15) is 13.6 Å². The van der Waals surface area contributed by atoms with Crippen molar-refractivity contribution in [2.75, 3.05) is 5.32 Å². The van der Waals surface area contributed by atoms with Crippen molar-refractivity contribution in [1.82, 2.24) is 19.7 Å². The molecule has 2 heterocycles. The van der Waals surface area contributed by atoms with Crippen molar-refractivity contribution in [3.05, 3.63) is 94.1 Å². The topological polar surface area (TPSA) is 81.9 Å². The zero-order chi connectivity index (χ0) is 25.8. The van der Waals surface area contributed by atoms with Gasteiger partial charge in [-0.25, -0.2) is 14.6 Å². The molecule has 0 saturated heterocycles. The number of ether oxygens (including phenoxy) is 1. The first-order valence-electron chi connectivity index (χ1n) is 11.5. The molecule has 1 amide bonds. The highest BCUT2D eigenvalue weighted by Gasteiger charge is 2.18. The van der Waals surface area contributed by atoms with E-state index in [0.717, 1.165) is 28.2 Å². The molecule has 0 spiro atoms. The van der Waals surface area contributed by atoms with Crippen molar-refractivity contribution in [3.8, 4) is 11.7 Å². The molecule has 9 heteroatoms. The molecular formula is C27H27F2N5O2. The van der Waals surface area contributed by atoms with E-state index in [-0.39, 0.29) is 18.1 Å². The predicted octanol–water partition coefficient (Wildman–Crippen LogP) is 5.27. The highest BCUT2D eigenvalue weighted by Crippen LogP contribution is 2.27. The summed E-state index contributed by atoms with van der Waals surface area (Å²) in [6.45, 7) is 4.55. The maximum Gasteiger partial charge on any atom is 0.387 e. The minimum absolute atomic E-state index is 0.0771. The first kappa shape index (κ1) is 25.0. The van der Waals surface area contributed by atoms with E-state index in [0.29, 0.717) is 29.3 Å². The van der Waals surface area contributed by atoms with Crippen molar-refractivity contribution < 1.29 is 18.3 Å². The van der Waals surface area contributed by atoms with E-state index < -0.39 is 6.61 Å². The van der Waals surface area contributed by atoms with E-state index >= 15 is 0 Å². The lowest BCUT2D eigenvalue weighted by atomic mass is 10.0. The molecule has 186 valence electrons. The van der Waals surface area contributed by atoms with Gasteiger partial charge in [0.05, 0.1) is 12.1 Å². The molecule has 4 rings (SSSR count). The number of carbonyl (C=O) groups is 1. The van der Waals surface area contributed by atoms with Crippen LogP contribution in [0.15, 0.2) is 54.6 Å². The van der Waals surface area contributed by atoms with Crippen molar-refractivity contribution in [2.24, 2.45) is 0 Å². The molecule has 1 N–H and O–H groups in total. The molecule has 0 unspecified atom stereocenters. The lowest BCUT2D eigenvalue weighted by Gasteiger charge is -2.14. The number of nitrogens with one attached hydrogen (secondary N) is 1. The minimum Gasteiger partial charge on any atom is -0.435 e. The van der Waals surface area contributed by atoms with Crippen molar-refractivity contribution in [2.45, 2.75) is 47.1 Å². The van der Waals surface area contributed by atoms with Crippen LogP contribution in [-0.4, -0.2) is 32.3 Å².